The summed E-state index contributed by atoms with van der Waals surface area (Å²) in [5.74, 6) is 0. The zero-order valence-corrected chi connectivity index (χ0v) is 5.79. The Balaban J connectivity index is 2.01. The third-order valence-electron chi connectivity index (χ3n) is 1.87. The first-order valence-electron chi connectivity index (χ1n) is 3.55. The maximum absolute atomic E-state index is 5.26. The highest BCUT2D eigenvalue weighted by atomic mass is 16.5. The molecule has 1 fully saturated rings. The smallest absolute Gasteiger partial charge is 0.120 e. The Hall–Kier alpha value is -0.610. The molecule has 0 spiro atoms. The normalized spacial score (nSPS) is 33.0. The molecule has 0 amide bonds. The van der Waals surface area contributed by atoms with Crippen LogP contribution in [0.4, 0.5) is 0 Å². The molecule has 0 bridgehead atoms. The number of nitrogens with one attached hydrogen (secondary N) is 1. The van der Waals surface area contributed by atoms with E-state index >= 15 is 0 Å². The number of hydrogen-bond acceptors (Lipinski definition) is 4. The number of ether oxygens (including phenoxy) is 1. The van der Waals surface area contributed by atoms with Crippen LogP contribution in [0.1, 0.15) is 0 Å². The Kier molecular flexibility index (Phi) is 1.56. The molecular formula is C6H11N3O. The summed E-state index contributed by atoms with van der Waals surface area (Å²) in [6.07, 6.45) is 2.21. The van der Waals surface area contributed by atoms with Crippen molar-refractivity contribution in [3.63, 3.8) is 0 Å². The van der Waals surface area contributed by atoms with Crippen LogP contribution in [0.25, 0.3) is 0 Å². The standard InChI is InChI=1S/C6H11N3O/c1-2-9-3-4-10-5-6(9)8-7-1/h1,6,8H,2-5H2. The van der Waals surface area contributed by atoms with Gasteiger partial charge in [0.1, 0.15) is 6.17 Å². The molecule has 4 nitrogen and oxygen atoms in total. The molecule has 0 aromatic carbocycles. The van der Waals surface area contributed by atoms with Crippen LogP contribution >= 0.6 is 0 Å². The quantitative estimate of drug-likeness (QED) is 0.481. The van der Waals surface area contributed by atoms with Crippen molar-refractivity contribution >= 4 is 6.21 Å². The van der Waals surface area contributed by atoms with Gasteiger partial charge in [0.2, 0.25) is 0 Å². The van der Waals surface area contributed by atoms with Crippen molar-refractivity contribution in [1.29, 1.82) is 0 Å². The van der Waals surface area contributed by atoms with Gasteiger partial charge in [0.25, 0.3) is 0 Å². The number of nitrogens with zero attached hydrogens (tertiary/aromatic N) is 2. The summed E-state index contributed by atoms with van der Waals surface area (Å²) >= 11 is 0. The van der Waals surface area contributed by atoms with Crippen molar-refractivity contribution in [3.8, 4) is 0 Å². The van der Waals surface area contributed by atoms with Gasteiger partial charge in [0.05, 0.1) is 13.2 Å². The molecule has 2 rings (SSSR count). The first kappa shape index (κ1) is 6.12. The van der Waals surface area contributed by atoms with Crippen molar-refractivity contribution in [2.24, 2.45) is 5.10 Å². The van der Waals surface area contributed by atoms with Crippen LogP contribution in [0.3, 0.4) is 0 Å². The van der Waals surface area contributed by atoms with Gasteiger partial charge in [-0.3, -0.25) is 10.3 Å². The van der Waals surface area contributed by atoms with Crippen LogP contribution in [-0.2, 0) is 4.74 Å². The zero-order valence-electron chi connectivity index (χ0n) is 5.79. The fraction of sp³-hybridized carbons (Fsp3) is 0.833. The topological polar surface area (TPSA) is 36.9 Å². The number of morpholine rings is 1. The molecule has 0 radical (unpaired) electrons. The van der Waals surface area contributed by atoms with Crippen molar-refractivity contribution in [3.05, 3.63) is 0 Å². The second kappa shape index (κ2) is 2.56. The lowest BCUT2D eigenvalue weighted by molar-refractivity contribution is -0.0157. The molecule has 1 unspecified atom stereocenters. The molecular weight excluding hydrogens is 130 g/mol. The summed E-state index contributed by atoms with van der Waals surface area (Å²) < 4.78 is 5.26. The van der Waals surface area contributed by atoms with Crippen molar-refractivity contribution in [2.45, 2.75) is 6.17 Å². The number of rotatable bonds is 0. The minimum Gasteiger partial charge on any atom is -0.377 e. The molecule has 0 saturated carbocycles. The van der Waals surface area contributed by atoms with Gasteiger partial charge in [-0.2, -0.15) is 5.10 Å². The van der Waals surface area contributed by atoms with E-state index in [1.807, 2.05) is 6.21 Å². The van der Waals surface area contributed by atoms with E-state index in [4.69, 9.17) is 4.74 Å². The van der Waals surface area contributed by atoms with Gasteiger partial charge in [0, 0.05) is 19.3 Å². The summed E-state index contributed by atoms with van der Waals surface area (Å²) in [4.78, 5) is 2.32. The lowest BCUT2D eigenvalue weighted by atomic mass is 10.3. The van der Waals surface area contributed by atoms with E-state index in [2.05, 4.69) is 15.4 Å². The van der Waals surface area contributed by atoms with E-state index in [1.165, 1.54) is 0 Å². The molecule has 0 aromatic heterocycles. The lowest BCUT2D eigenvalue weighted by Gasteiger charge is -2.36. The third-order valence-corrected chi connectivity index (χ3v) is 1.87. The second-order valence-electron chi connectivity index (χ2n) is 2.53. The van der Waals surface area contributed by atoms with Gasteiger partial charge < -0.3 is 4.74 Å². The highest BCUT2D eigenvalue weighted by molar-refractivity contribution is 5.60. The molecule has 1 saturated heterocycles. The molecule has 1 N–H and O–H groups in total. The molecule has 4 heteroatoms. The lowest BCUT2D eigenvalue weighted by Crippen LogP contribution is -2.54. The molecule has 56 valence electrons. The van der Waals surface area contributed by atoms with Gasteiger partial charge in [-0.05, 0) is 0 Å². The van der Waals surface area contributed by atoms with Gasteiger partial charge in [-0.15, -0.1) is 0 Å². The van der Waals surface area contributed by atoms with Gasteiger partial charge >= 0.3 is 0 Å². The maximum Gasteiger partial charge on any atom is 0.120 e. The molecule has 0 aromatic rings. The van der Waals surface area contributed by atoms with E-state index in [1.54, 1.807) is 0 Å². The van der Waals surface area contributed by atoms with E-state index in [-0.39, 0.29) is 0 Å². The Bertz CT molecular complexity index is 132. The molecule has 10 heavy (non-hydrogen) atoms. The highest BCUT2D eigenvalue weighted by Crippen LogP contribution is 2.04. The van der Waals surface area contributed by atoms with Gasteiger partial charge in [-0.1, -0.05) is 0 Å². The maximum atomic E-state index is 5.26. The molecule has 1 atom stereocenters. The van der Waals surface area contributed by atoms with Gasteiger partial charge in [-0.25, -0.2) is 0 Å². The van der Waals surface area contributed by atoms with Crippen molar-refractivity contribution in [2.75, 3.05) is 26.3 Å². The van der Waals surface area contributed by atoms with E-state index in [9.17, 15) is 0 Å². The number of hydrogen-bond donors (Lipinski definition) is 1. The van der Waals surface area contributed by atoms with Crippen LogP contribution in [0.5, 0.6) is 0 Å². The molecule has 2 aliphatic heterocycles. The summed E-state index contributed by atoms with van der Waals surface area (Å²) in [7, 11) is 0. The SMILES string of the molecule is C1=NNC2COCCN2C1. The minimum absolute atomic E-state index is 0.318. The fourth-order valence-corrected chi connectivity index (χ4v) is 1.26. The van der Waals surface area contributed by atoms with Crippen molar-refractivity contribution in [1.82, 2.24) is 10.3 Å². The Labute approximate surface area is 59.8 Å². The highest BCUT2D eigenvalue weighted by Gasteiger charge is 2.22. The number of fused-ring (bicyclic) bond motifs is 1. The Morgan fingerprint density at radius 1 is 1.70 bits per heavy atom. The first-order valence-corrected chi connectivity index (χ1v) is 3.55. The molecule has 2 aliphatic rings. The van der Waals surface area contributed by atoms with Crippen LogP contribution < -0.4 is 5.43 Å². The predicted octanol–water partition coefficient (Wildman–Crippen LogP) is -0.766. The Morgan fingerprint density at radius 3 is 3.60 bits per heavy atom. The average Bonchev–Trinajstić information content (AvgIpc) is 2.05. The predicted molar refractivity (Wildman–Crippen MR) is 37.8 cm³/mol. The average molecular weight is 141 g/mol. The molecule has 2 heterocycles. The summed E-state index contributed by atoms with van der Waals surface area (Å²) in [6.45, 7) is 3.59. The number of hydrazone groups is 1. The van der Waals surface area contributed by atoms with Gasteiger partial charge in [0.15, 0.2) is 0 Å². The van der Waals surface area contributed by atoms with E-state index in [0.717, 1.165) is 26.3 Å². The minimum atomic E-state index is 0.318. The summed E-state index contributed by atoms with van der Waals surface area (Å²) in [6, 6.07) is 0. The fourth-order valence-electron chi connectivity index (χ4n) is 1.26. The van der Waals surface area contributed by atoms with E-state index in [0.29, 0.717) is 6.17 Å². The molecule has 0 aliphatic carbocycles. The van der Waals surface area contributed by atoms with Crippen LogP contribution in [-0.4, -0.2) is 43.6 Å². The van der Waals surface area contributed by atoms with E-state index < -0.39 is 0 Å². The summed E-state index contributed by atoms with van der Waals surface area (Å²) in [5.41, 5.74) is 2.99. The van der Waals surface area contributed by atoms with Crippen LogP contribution in [0.2, 0.25) is 0 Å². The second-order valence-corrected chi connectivity index (χ2v) is 2.53. The van der Waals surface area contributed by atoms with Crippen LogP contribution in [0.15, 0.2) is 5.10 Å². The monoisotopic (exact) mass is 141 g/mol. The van der Waals surface area contributed by atoms with Crippen molar-refractivity contribution < 1.29 is 4.74 Å². The largest absolute Gasteiger partial charge is 0.377 e. The Morgan fingerprint density at radius 2 is 2.70 bits per heavy atom. The summed E-state index contributed by atoms with van der Waals surface area (Å²) in [5, 5.41) is 3.96. The first-order chi connectivity index (χ1) is 4.97. The third kappa shape index (κ3) is 0.998. The van der Waals surface area contributed by atoms with Crippen LogP contribution in [0, 0.1) is 0 Å². The zero-order chi connectivity index (χ0) is 6.81.